The number of hydrogen-bond acceptors (Lipinski definition) is 6. The van der Waals surface area contributed by atoms with Crippen LogP contribution in [0.15, 0.2) is 41.9 Å². The Labute approximate surface area is 165 Å². The standard InChI is InChI=1S/C19H20N4O2S2/c1-22(2)14(12-6-4-5-7-15(12)25-3)11-20-17(24)16-10-13-18(27-16)21-19-23(13)8-9-26-19/h4-10,14H,11H2,1-3H3,(H,20,24). The van der Waals surface area contributed by atoms with Gasteiger partial charge in [0.25, 0.3) is 5.91 Å². The number of benzene rings is 1. The molecule has 0 saturated carbocycles. The third kappa shape index (κ3) is 3.31. The number of nitrogens with zero attached hydrogens (tertiary/aromatic N) is 3. The molecule has 0 bridgehead atoms. The van der Waals surface area contributed by atoms with Crippen molar-refractivity contribution in [2.45, 2.75) is 6.04 Å². The number of likely N-dealkylation sites (N-methyl/N-ethyl adjacent to an activating group) is 1. The van der Waals surface area contributed by atoms with Gasteiger partial charge in [0.15, 0.2) is 4.96 Å². The first-order chi connectivity index (χ1) is 13.1. The molecule has 1 aromatic carbocycles. The molecule has 3 aromatic heterocycles. The maximum Gasteiger partial charge on any atom is 0.261 e. The first-order valence-electron chi connectivity index (χ1n) is 8.51. The summed E-state index contributed by atoms with van der Waals surface area (Å²) in [4.78, 5) is 21.9. The summed E-state index contributed by atoms with van der Waals surface area (Å²) in [6.45, 7) is 0.489. The number of carbonyl (C=O) groups excluding carboxylic acids is 1. The van der Waals surface area contributed by atoms with Crippen LogP contribution in [0.1, 0.15) is 21.3 Å². The molecule has 4 rings (SSSR count). The van der Waals surface area contributed by atoms with Gasteiger partial charge >= 0.3 is 0 Å². The molecule has 1 N–H and O–H groups in total. The number of para-hydroxylation sites is 1. The SMILES string of the molecule is COc1ccccc1C(CNC(=O)c1cc2c(nc3sccn32)s1)N(C)C. The lowest BCUT2D eigenvalue weighted by Crippen LogP contribution is -2.34. The number of fused-ring (bicyclic) bond motifs is 3. The summed E-state index contributed by atoms with van der Waals surface area (Å²) in [6, 6.07) is 9.82. The molecule has 1 amide bonds. The molecule has 1 atom stereocenters. The normalized spacial score (nSPS) is 12.7. The smallest absolute Gasteiger partial charge is 0.261 e. The van der Waals surface area contributed by atoms with E-state index in [2.05, 4.69) is 15.2 Å². The van der Waals surface area contributed by atoms with E-state index in [1.165, 1.54) is 11.3 Å². The Bertz CT molecular complexity index is 1100. The van der Waals surface area contributed by atoms with Crippen molar-refractivity contribution in [3.05, 3.63) is 52.3 Å². The topological polar surface area (TPSA) is 58.9 Å². The zero-order valence-corrected chi connectivity index (χ0v) is 16.9. The number of imidazole rings is 1. The highest BCUT2D eigenvalue weighted by molar-refractivity contribution is 7.21. The molecular weight excluding hydrogens is 380 g/mol. The van der Waals surface area contributed by atoms with Crippen molar-refractivity contribution in [2.75, 3.05) is 27.7 Å². The van der Waals surface area contributed by atoms with Gasteiger partial charge in [0.05, 0.1) is 23.5 Å². The van der Waals surface area contributed by atoms with E-state index in [4.69, 9.17) is 4.74 Å². The predicted molar refractivity (Wildman–Crippen MR) is 110 cm³/mol. The predicted octanol–water partition coefficient (Wildman–Crippen LogP) is 3.65. The maximum absolute atomic E-state index is 12.7. The monoisotopic (exact) mass is 400 g/mol. The van der Waals surface area contributed by atoms with Crippen LogP contribution in [0.4, 0.5) is 0 Å². The van der Waals surface area contributed by atoms with Gasteiger partial charge in [-0.25, -0.2) is 4.98 Å². The van der Waals surface area contributed by atoms with Crippen molar-refractivity contribution in [1.29, 1.82) is 0 Å². The highest BCUT2D eigenvalue weighted by Gasteiger charge is 2.21. The summed E-state index contributed by atoms with van der Waals surface area (Å²) < 4.78 is 7.50. The molecule has 0 radical (unpaired) electrons. The van der Waals surface area contributed by atoms with E-state index < -0.39 is 0 Å². The number of aromatic nitrogens is 2. The zero-order valence-electron chi connectivity index (χ0n) is 15.3. The van der Waals surface area contributed by atoms with Crippen molar-refractivity contribution in [3.8, 4) is 5.75 Å². The Hall–Kier alpha value is -2.42. The number of carbonyl (C=O) groups is 1. The molecule has 0 saturated heterocycles. The van der Waals surface area contributed by atoms with Crippen LogP contribution in [0.5, 0.6) is 5.75 Å². The van der Waals surface area contributed by atoms with Gasteiger partial charge in [-0.3, -0.25) is 9.20 Å². The highest BCUT2D eigenvalue weighted by atomic mass is 32.1. The third-order valence-corrected chi connectivity index (χ3v) is 6.31. The molecule has 0 aliphatic heterocycles. The Kier molecular flexibility index (Phi) is 4.86. The summed E-state index contributed by atoms with van der Waals surface area (Å²) in [5, 5.41) is 5.06. The minimum absolute atomic E-state index is 0.0134. The Morgan fingerprint density at radius 1 is 1.37 bits per heavy atom. The van der Waals surface area contributed by atoms with Crippen LogP contribution in [-0.2, 0) is 0 Å². The van der Waals surface area contributed by atoms with Crippen LogP contribution in [-0.4, -0.2) is 47.9 Å². The van der Waals surface area contributed by atoms with Gasteiger partial charge < -0.3 is 15.0 Å². The lowest BCUT2D eigenvalue weighted by molar-refractivity contribution is 0.0945. The second kappa shape index (κ2) is 7.30. The van der Waals surface area contributed by atoms with Crippen molar-refractivity contribution in [1.82, 2.24) is 19.6 Å². The van der Waals surface area contributed by atoms with E-state index in [9.17, 15) is 4.79 Å². The second-order valence-corrected chi connectivity index (χ2v) is 8.30. The average Bonchev–Trinajstić information content (AvgIpc) is 3.34. The van der Waals surface area contributed by atoms with Crippen LogP contribution < -0.4 is 10.1 Å². The Balaban J connectivity index is 1.53. The first kappa shape index (κ1) is 18.0. The quantitative estimate of drug-likeness (QED) is 0.537. The number of amides is 1. The molecule has 0 aliphatic rings. The summed E-state index contributed by atoms with van der Waals surface area (Å²) in [7, 11) is 5.66. The molecule has 0 fully saturated rings. The lowest BCUT2D eigenvalue weighted by atomic mass is 10.0. The van der Waals surface area contributed by atoms with Gasteiger partial charge in [-0.05, 0) is 26.2 Å². The van der Waals surface area contributed by atoms with Gasteiger partial charge in [-0.2, -0.15) is 0 Å². The summed E-state index contributed by atoms with van der Waals surface area (Å²) in [5.41, 5.74) is 2.03. The van der Waals surface area contributed by atoms with Gasteiger partial charge in [0.2, 0.25) is 0 Å². The Morgan fingerprint density at radius 2 is 2.19 bits per heavy atom. The first-order valence-corrected chi connectivity index (χ1v) is 10.2. The fourth-order valence-electron chi connectivity index (χ4n) is 3.15. The van der Waals surface area contributed by atoms with Gasteiger partial charge in [0.1, 0.15) is 10.6 Å². The number of rotatable bonds is 6. The molecule has 4 aromatic rings. The van der Waals surface area contributed by atoms with Crippen LogP contribution in [0.2, 0.25) is 0 Å². The van der Waals surface area contributed by atoms with E-state index >= 15 is 0 Å². The summed E-state index contributed by atoms with van der Waals surface area (Å²) in [6.07, 6.45) is 1.98. The van der Waals surface area contributed by atoms with E-state index in [0.29, 0.717) is 11.4 Å². The van der Waals surface area contributed by atoms with E-state index in [0.717, 1.165) is 26.6 Å². The lowest BCUT2D eigenvalue weighted by Gasteiger charge is -2.26. The fourth-order valence-corrected chi connectivity index (χ4v) is 4.86. The minimum atomic E-state index is -0.0799. The van der Waals surface area contributed by atoms with Crippen LogP contribution >= 0.6 is 22.7 Å². The van der Waals surface area contributed by atoms with Crippen LogP contribution in [0.3, 0.4) is 0 Å². The van der Waals surface area contributed by atoms with Crippen molar-refractivity contribution >= 4 is 43.9 Å². The van der Waals surface area contributed by atoms with E-state index in [-0.39, 0.29) is 11.9 Å². The van der Waals surface area contributed by atoms with Crippen molar-refractivity contribution < 1.29 is 9.53 Å². The number of nitrogens with one attached hydrogen (secondary N) is 1. The molecular formula is C19H20N4O2S2. The molecule has 1 unspecified atom stereocenters. The maximum atomic E-state index is 12.7. The fraction of sp³-hybridized carbons (Fsp3) is 0.263. The van der Waals surface area contributed by atoms with Crippen LogP contribution in [0, 0.1) is 0 Å². The van der Waals surface area contributed by atoms with Crippen LogP contribution in [0.25, 0.3) is 15.3 Å². The molecule has 0 spiro atoms. The minimum Gasteiger partial charge on any atom is -0.496 e. The van der Waals surface area contributed by atoms with Gasteiger partial charge in [-0.15, -0.1) is 22.7 Å². The molecule has 27 heavy (non-hydrogen) atoms. The molecule has 140 valence electrons. The molecule has 0 aliphatic carbocycles. The van der Waals surface area contributed by atoms with Gasteiger partial charge in [-0.1, -0.05) is 18.2 Å². The largest absolute Gasteiger partial charge is 0.496 e. The number of hydrogen-bond donors (Lipinski definition) is 1. The summed E-state index contributed by atoms with van der Waals surface area (Å²) in [5.74, 6) is 0.740. The molecule has 3 heterocycles. The molecule has 8 heteroatoms. The zero-order chi connectivity index (χ0) is 19.0. The number of thiophene rings is 1. The van der Waals surface area contributed by atoms with Crippen molar-refractivity contribution in [3.63, 3.8) is 0 Å². The average molecular weight is 401 g/mol. The van der Waals surface area contributed by atoms with Gasteiger partial charge in [0, 0.05) is 23.7 Å². The number of ether oxygens (including phenoxy) is 1. The van der Waals surface area contributed by atoms with E-state index in [1.807, 2.05) is 60.4 Å². The second-order valence-electron chi connectivity index (χ2n) is 6.40. The van der Waals surface area contributed by atoms with E-state index in [1.54, 1.807) is 18.4 Å². The number of thiazole rings is 1. The molecule has 6 nitrogen and oxygen atoms in total. The summed E-state index contributed by atoms with van der Waals surface area (Å²) >= 11 is 3.01. The van der Waals surface area contributed by atoms with Crippen molar-refractivity contribution in [2.24, 2.45) is 0 Å². The number of methoxy groups -OCH3 is 1. The Morgan fingerprint density at radius 3 is 2.96 bits per heavy atom. The highest BCUT2D eigenvalue weighted by Crippen LogP contribution is 2.29. The third-order valence-electron chi connectivity index (χ3n) is 4.54.